The van der Waals surface area contributed by atoms with Gasteiger partial charge in [-0.3, -0.25) is 9.78 Å². The summed E-state index contributed by atoms with van der Waals surface area (Å²) < 4.78 is 10.6. The molecule has 1 saturated carbocycles. The van der Waals surface area contributed by atoms with E-state index in [2.05, 4.69) is 22.4 Å². The summed E-state index contributed by atoms with van der Waals surface area (Å²) in [6.07, 6.45) is 6.11. The van der Waals surface area contributed by atoms with E-state index in [-0.39, 0.29) is 5.91 Å². The molecule has 1 amide bonds. The number of hydrogen-bond donors (Lipinski definition) is 2. The lowest BCUT2D eigenvalue weighted by molar-refractivity contribution is -0.117. The molecular formula is C24H28N2O4. The van der Waals surface area contributed by atoms with Crippen molar-refractivity contribution in [3.05, 3.63) is 58.6 Å². The van der Waals surface area contributed by atoms with E-state index in [0.717, 1.165) is 37.9 Å². The minimum atomic E-state index is -0.490. The number of amides is 1. The van der Waals surface area contributed by atoms with Crippen molar-refractivity contribution in [3.8, 4) is 5.75 Å². The lowest BCUT2D eigenvalue weighted by Gasteiger charge is -2.28. The molecule has 0 radical (unpaired) electrons. The number of nitrogens with one attached hydrogen (secondary N) is 2. The van der Waals surface area contributed by atoms with Gasteiger partial charge in [0.25, 0.3) is 0 Å². The molecular weight excluding hydrogens is 380 g/mol. The number of hydrogen-bond acceptors (Lipinski definition) is 4. The Morgan fingerprint density at radius 1 is 1.10 bits per heavy atom. The topological polar surface area (TPSA) is 84.3 Å². The van der Waals surface area contributed by atoms with Gasteiger partial charge in [0, 0.05) is 18.2 Å². The molecule has 0 saturated heterocycles. The van der Waals surface area contributed by atoms with Crippen LogP contribution in [-0.4, -0.2) is 17.5 Å². The first-order valence-corrected chi connectivity index (χ1v) is 10.7. The Labute approximate surface area is 175 Å². The summed E-state index contributed by atoms with van der Waals surface area (Å²) in [7, 11) is 0. The summed E-state index contributed by atoms with van der Waals surface area (Å²) in [4.78, 5) is 26.3. The second kappa shape index (κ2) is 9.20. The van der Waals surface area contributed by atoms with Crippen LogP contribution in [0.2, 0.25) is 0 Å². The van der Waals surface area contributed by atoms with Crippen LogP contribution in [0.15, 0.2) is 51.7 Å². The van der Waals surface area contributed by atoms with Gasteiger partial charge in [-0.05, 0) is 80.7 Å². The number of carbonyl (C=O) groups is 1. The maximum atomic E-state index is 12.5. The molecule has 0 unspecified atom stereocenters. The third kappa shape index (κ3) is 5.12. The molecule has 1 heterocycles. The van der Waals surface area contributed by atoms with E-state index in [1.807, 2.05) is 19.1 Å². The highest BCUT2D eigenvalue weighted by Crippen LogP contribution is 2.33. The average molecular weight is 408 g/mol. The number of rotatable bonds is 7. The third-order valence-corrected chi connectivity index (χ3v) is 5.90. The highest BCUT2D eigenvalue weighted by Gasteiger charge is 2.23. The van der Waals surface area contributed by atoms with Crippen molar-refractivity contribution < 1.29 is 13.9 Å². The lowest BCUT2D eigenvalue weighted by Crippen LogP contribution is -2.22. The normalized spacial score (nSPS) is 19.0. The van der Waals surface area contributed by atoms with Crippen molar-refractivity contribution in [3.63, 3.8) is 0 Å². The molecule has 2 N–H and O–H groups in total. The molecule has 4 rings (SSSR count). The van der Waals surface area contributed by atoms with Gasteiger partial charge in [-0.25, -0.2) is 4.79 Å². The van der Waals surface area contributed by atoms with Gasteiger partial charge in [0.05, 0.1) is 12.1 Å². The third-order valence-electron chi connectivity index (χ3n) is 5.90. The minimum absolute atomic E-state index is 0.0159. The summed E-state index contributed by atoms with van der Waals surface area (Å²) in [5.74, 6) is 1.56. The van der Waals surface area contributed by atoms with E-state index in [0.29, 0.717) is 41.7 Å². The van der Waals surface area contributed by atoms with Gasteiger partial charge in [-0.15, -0.1) is 0 Å². The Kier molecular flexibility index (Phi) is 6.21. The summed E-state index contributed by atoms with van der Waals surface area (Å²) in [5, 5.41) is 2.93. The first kappa shape index (κ1) is 20.3. The van der Waals surface area contributed by atoms with Crippen LogP contribution in [0, 0.1) is 11.8 Å². The Bertz CT molecular complexity index is 1040. The van der Waals surface area contributed by atoms with E-state index in [4.69, 9.17) is 9.15 Å². The quantitative estimate of drug-likeness (QED) is 0.582. The monoisotopic (exact) mass is 408 g/mol. The molecule has 3 aromatic rings. The van der Waals surface area contributed by atoms with E-state index in [1.165, 1.54) is 5.56 Å². The van der Waals surface area contributed by atoms with E-state index in [9.17, 15) is 9.59 Å². The first-order chi connectivity index (χ1) is 14.6. The molecule has 30 heavy (non-hydrogen) atoms. The van der Waals surface area contributed by atoms with Gasteiger partial charge in [0.15, 0.2) is 5.58 Å². The van der Waals surface area contributed by atoms with Crippen LogP contribution < -0.4 is 15.8 Å². The zero-order valence-electron chi connectivity index (χ0n) is 17.3. The van der Waals surface area contributed by atoms with Crippen molar-refractivity contribution in [2.75, 3.05) is 11.9 Å². The van der Waals surface area contributed by atoms with Crippen molar-refractivity contribution in [2.24, 2.45) is 11.8 Å². The number of oxazole rings is 1. The summed E-state index contributed by atoms with van der Waals surface area (Å²) in [6.45, 7) is 2.68. The van der Waals surface area contributed by atoms with Gasteiger partial charge in [-0.1, -0.05) is 12.1 Å². The van der Waals surface area contributed by atoms with Gasteiger partial charge in [-0.2, -0.15) is 0 Å². The maximum Gasteiger partial charge on any atom is 0.417 e. The van der Waals surface area contributed by atoms with Crippen LogP contribution in [0.3, 0.4) is 0 Å². The minimum Gasteiger partial charge on any atom is -0.494 e. The fraction of sp³-hybridized carbons (Fsp3) is 0.417. The lowest BCUT2D eigenvalue weighted by atomic mass is 9.78. The summed E-state index contributed by atoms with van der Waals surface area (Å²) in [5.41, 5.74) is 3.09. The number of H-pyrrole nitrogens is 1. The number of carbonyl (C=O) groups excluding carboxylic acids is 1. The Morgan fingerprint density at radius 2 is 1.83 bits per heavy atom. The summed E-state index contributed by atoms with van der Waals surface area (Å²) >= 11 is 0. The highest BCUT2D eigenvalue weighted by molar-refractivity contribution is 5.92. The van der Waals surface area contributed by atoms with E-state index < -0.39 is 5.76 Å². The average Bonchev–Trinajstić information content (AvgIpc) is 3.10. The number of anilines is 1. The smallest absolute Gasteiger partial charge is 0.417 e. The molecule has 6 nitrogen and oxygen atoms in total. The molecule has 1 aliphatic carbocycles. The van der Waals surface area contributed by atoms with Gasteiger partial charge < -0.3 is 14.5 Å². The van der Waals surface area contributed by atoms with Gasteiger partial charge in [0.2, 0.25) is 5.91 Å². The molecule has 0 spiro atoms. The Balaban J connectivity index is 1.23. The molecule has 1 aliphatic rings. The van der Waals surface area contributed by atoms with E-state index in [1.54, 1.807) is 18.2 Å². The molecule has 1 aromatic heterocycles. The number of aromatic amines is 1. The fourth-order valence-electron chi connectivity index (χ4n) is 4.36. The van der Waals surface area contributed by atoms with E-state index >= 15 is 0 Å². The molecule has 0 atom stereocenters. The van der Waals surface area contributed by atoms with Gasteiger partial charge >= 0.3 is 5.76 Å². The fourth-order valence-corrected chi connectivity index (χ4v) is 4.36. The van der Waals surface area contributed by atoms with Crippen LogP contribution in [0.5, 0.6) is 5.75 Å². The second-order valence-electron chi connectivity index (χ2n) is 8.15. The number of benzene rings is 2. The second-order valence-corrected chi connectivity index (χ2v) is 8.15. The highest BCUT2D eigenvalue weighted by atomic mass is 16.5. The van der Waals surface area contributed by atoms with Crippen LogP contribution in [0.4, 0.5) is 5.69 Å². The number of aromatic nitrogens is 1. The summed E-state index contributed by atoms with van der Waals surface area (Å²) in [6, 6.07) is 13.6. The van der Waals surface area contributed by atoms with Crippen molar-refractivity contribution in [2.45, 2.75) is 45.4 Å². The molecule has 0 aliphatic heterocycles. The van der Waals surface area contributed by atoms with Gasteiger partial charge in [0.1, 0.15) is 5.75 Å². The molecule has 2 aromatic carbocycles. The SMILES string of the molecule is CCOc1ccc(CC2CCC(CC(=O)Nc3ccc4[nH]c(=O)oc4c3)CC2)cc1. The van der Waals surface area contributed by atoms with Crippen molar-refractivity contribution in [1.29, 1.82) is 0 Å². The number of ether oxygens (including phenoxy) is 1. The Hall–Kier alpha value is -3.02. The van der Waals surface area contributed by atoms with Crippen molar-refractivity contribution in [1.82, 2.24) is 4.98 Å². The van der Waals surface area contributed by atoms with Crippen molar-refractivity contribution >= 4 is 22.7 Å². The zero-order valence-corrected chi connectivity index (χ0v) is 17.3. The van der Waals surface area contributed by atoms with Crippen LogP contribution in [0.1, 0.15) is 44.6 Å². The first-order valence-electron chi connectivity index (χ1n) is 10.7. The predicted octanol–water partition coefficient (Wildman–Crippen LogP) is 4.90. The number of fused-ring (bicyclic) bond motifs is 1. The molecule has 6 heteroatoms. The van der Waals surface area contributed by atoms with Crippen LogP contribution >= 0.6 is 0 Å². The largest absolute Gasteiger partial charge is 0.494 e. The van der Waals surface area contributed by atoms with Crippen LogP contribution in [-0.2, 0) is 11.2 Å². The Morgan fingerprint density at radius 3 is 2.57 bits per heavy atom. The zero-order chi connectivity index (χ0) is 20.9. The molecule has 158 valence electrons. The maximum absolute atomic E-state index is 12.5. The molecule has 0 bridgehead atoms. The van der Waals surface area contributed by atoms with Crippen LogP contribution in [0.25, 0.3) is 11.1 Å². The molecule has 1 fully saturated rings. The predicted molar refractivity (Wildman–Crippen MR) is 117 cm³/mol. The standard InChI is InChI=1S/C24H28N2O4/c1-2-29-20-10-7-17(8-11-20)13-16-3-5-18(6-4-16)14-23(27)25-19-9-12-21-22(15-19)30-24(28)26-21/h7-12,15-16,18H,2-6,13-14H2,1H3,(H,25,27)(H,26,28).